The van der Waals surface area contributed by atoms with E-state index in [0.29, 0.717) is 28.6 Å². The second kappa shape index (κ2) is 6.70. The van der Waals surface area contributed by atoms with Crippen LogP contribution in [0.1, 0.15) is 37.7 Å². The van der Waals surface area contributed by atoms with Crippen LogP contribution in [0.5, 0.6) is 5.75 Å². The topological polar surface area (TPSA) is 81.0 Å². The molecule has 8 heteroatoms. The van der Waals surface area contributed by atoms with E-state index in [4.69, 9.17) is 4.74 Å². The first-order valence-corrected chi connectivity index (χ1v) is 8.96. The van der Waals surface area contributed by atoms with E-state index >= 15 is 0 Å². The van der Waals surface area contributed by atoms with Gasteiger partial charge in [-0.05, 0) is 30.5 Å². The smallest absolute Gasteiger partial charge is 0.171 e. The van der Waals surface area contributed by atoms with E-state index in [2.05, 4.69) is 46.1 Å². The molecule has 144 valence electrons. The van der Waals surface area contributed by atoms with Gasteiger partial charge in [0.05, 0.1) is 11.8 Å². The number of aromatic amines is 1. The average molecular weight is 380 g/mol. The molecule has 0 saturated heterocycles. The summed E-state index contributed by atoms with van der Waals surface area (Å²) in [5, 5.41) is 15.1. The molecule has 0 radical (unpaired) electrons. The maximum atomic E-state index is 14.4. The zero-order chi connectivity index (χ0) is 19.9. The molecule has 0 bridgehead atoms. The average Bonchev–Trinajstić information content (AvgIpc) is 3.29. The normalized spacial score (nSPS) is 11.9. The van der Waals surface area contributed by atoms with E-state index in [1.54, 1.807) is 16.5 Å². The zero-order valence-electron chi connectivity index (χ0n) is 16.2. The molecule has 1 N–H and O–H groups in total. The molecule has 28 heavy (non-hydrogen) atoms. The van der Waals surface area contributed by atoms with Crippen molar-refractivity contribution in [3.8, 4) is 17.1 Å². The van der Waals surface area contributed by atoms with Gasteiger partial charge < -0.3 is 4.74 Å². The Morgan fingerprint density at radius 2 is 2.00 bits per heavy atom. The number of pyridine rings is 1. The molecule has 0 saturated carbocycles. The van der Waals surface area contributed by atoms with Gasteiger partial charge in [0.25, 0.3) is 0 Å². The van der Waals surface area contributed by atoms with Gasteiger partial charge >= 0.3 is 0 Å². The van der Waals surface area contributed by atoms with Crippen LogP contribution in [0.25, 0.3) is 17.0 Å². The number of nitrogens with zero attached hydrogens (tertiary/aromatic N) is 5. The number of rotatable bonds is 4. The molecule has 3 heterocycles. The summed E-state index contributed by atoms with van der Waals surface area (Å²) in [7, 11) is 0. The van der Waals surface area contributed by atoms with Crippen molar-refractivity contribution in [1.82, 2.24) is 29.8 Å². The Kier molecular flexibility index (Phi) is 4.33. The van der Waals surface area contributed by atoms with Crippen molar-refractivity contribution in [2.45, 2.75) is 39.7 Å². The van der Waals surface area contributed by atoms with Gasteiger partial charge in [-0.3, -0.25) is 9.50 Å². The van der Waals surface area contributed by atoms with Gasteiger partial charge in [-0.1, -0.05) is 32.4 Å². The first-order valence-electron chi connectivity index (χ1n) is 8.96. The van der Waals surface area contributed by atoms with E-state index < -0.39 is 0 Å². The fraction of sp³-hybridized carbons (Fsp3) is 0.300. The van der Waals surface area contributed by atoms with E-state index in [1.165, 1.54) is 12.4 Å². The van der Waals surface area contributed by atoms with Crippen LogP contribution in [0.15, 0.2) is 36.8 Å². The largest absolute Gasteiger partial charge is 0.484 e. The lowest BCUT2D eigenvalue weighted by molar-refractivity contribution is 0.287. The van der Waals surface area contributed by atoms with Crippen molar-refractivity contribution in [2.75, 3.05) is 0 Å². The standard InChI is InChI=1S/C20H21FN6O/c1-12-5-6-15(21)13(7-12)19-26-25-18-8-14(20(2,3)4)16(9-27(18)19)28-10-17-22-11-23-24-17/h5-9,11H,10H2,1-4H3,(H,22,23,24). The van der Waals surface area contributed by atoms with Gasteiger partial charge in [-0.25, -0.2) is 9.37 Å². The number of nitrogens with one attached hydrogen (secondary N) is 1. The lowest BCUT2D eigenvalue weighted by atomic mass is 9.87. The van der Waals surface area contributed by atoms with E-state index in [1.807, 2.05) is 19.2 Å². The molecule has 3 aromatic heterocycles. The zero-order valence-corrected chi connectivity index (χ0v) is 16.2. The molecule has 0 aliphatic rings. The van der Waals surface area contributed by atoms with E-state index in [9.17, 15) is 4.39 Å². The Morgan fingerprint density at radius 3 is 2.71 bits per heavy atom. The van der Waals surface area contributed by atoms with E-state index in [0.717, 1.165) is 11.1 Å². The third-order valence-corrected chi connectivity index (χ3v) is 4.51. The number of fused-ring (bicyclic) bond motifs is 1. The molecule has 7 nitrogen and oxygen atoms in total. The first-order chi connectivity index (χ1) is 13.3. The third-order valence-electron chi connectivity index (χ3n) is 4.51. The highest BCUT2D eigenvalue weighted by molar-refractivity contribution is 5.63. The second-order valence-electron chi connectivity index (χ2n) is 7.76. The summed E-state index contributed by atoms with van der Waals surface area (Å²) < 4.78 is 22.2. The van der Waals surface area contributed by atoms with Crippen LogP contribution >= 0.6 is 0 Å². The van der Waals surface area contributed by atoms with Crippen LogP contribution in [0.3, 0.4) is 0 Å². The van der Waals surface area contributed by atoms with Gasteiger partial charge in [-0.2, -0.15) is 5.10 Å². The van der Waals surface area contributed by atoms with Gasteiger partial charge in [0, 0.05) is 5.56 Å². The quantitative estimate of drug-likeness (QED) is 0.582. The number of halogens is 1. The number of ether oxygens (including phenoxy) is 1. The van der Waals surface area contributed by atoms with Crippen molar-refractivity contribution >= 4 is 5.65 Å². The molecule has 4 rings (SSSR count). The number of benzene rings is 1. The number of hydrogen-bond acceptors (Lipinski definition) is 5. The van der Waals surface area contributed by atoms with Crippen molar-refractivity contribution in [1.29, 1.82) is 0 Å². The van der Waals surface area contributed by atoms with Crippen LogP contribution in [0.2, 0.25) is 0 Å². The minimum atomic E-state index is -0.344. The van der Waals surface area contributed by atoms with Crippen LogP contribution < -0.4 is 4.74 Å². The maximum absolute atomic E-state index is 14.4. The molecular weight excluding hydrogens is 359 g/mol. The fourth-order valence-corrected chi connectivity index (χ4v) is 3.06. The third kappa shape index (κ3) is 3.33. The van der Waals surface area contributed by atoms with Gasteiger partial charge in [0.1, 0.15) is 24.5 Å². The number of H-pyrrole nitrogens is 1. The fourth-order valence-electron chi connectivity index (χ4n) is 3.06. The highest BCUT2D eigenvalue weighted by Gasteiger charge is 2.23. The number of aryl methyl sites for hydroxylation is 1. The highest BCUT2D eigenvalue weighted by atomic mass is 19.1. The number of aromatic nitrogens is 6. The van der Waals surface area contributed by atoms with Crippen molar-refractivity contribution < 1.29 is 9.13 Å². The Hall–Kier alpha value is -3.29. The molecule has 0 amide bonds. The van der Waals surface area contributed by atoms with E-state index in [-0.39, 0.29) is 17.8 Å². The predicted octanol–water partition coefficient (Wildman–Crippen LogP) is 3.84. The minimum Gasteiger partial charge on any atom is -0.484 e. The molecule has 0 spiro atoms. The Labute approximate surface area is 161 Å². The van der Waals surface area contributed by atoms with Crippen molar-refractivity contribution in [2.24, 2.45) is 0 Å². The maximum Gasteiger partial charge on any atom is 0.171 e. The first kappa shape index (κ1) is 18.1. The van der Waals surface area contributed by atoms with Gasteiger partial charge in [-0.15, -0.1) is 10.2 Å². The molecule has 4 aromatic rings. The van der Waals surface area contributed by atoms with Gasteiger partial charge in [0.2, 0.25) is 0 Å². The molecule has 0 atom stereocenters. The summed E-state index contributed by atoms with van der Waals surface area (Å²) in [6.45, 7) is 8.44. The lowest BCUT2D eigenvalue weighted by Gasteiger charge is -2.23. The summed E-state index contributed by atoms with van der Waals surface area (Å²) in [6.07, 6.45) is 3.24. The molecule has 0 aliphatic heterocycles. The summed E-state index contributed by atoms with van der Waals surface area (Å²) in [5.41, 5.74) is 2.77. The second-order valence-corrected chi connectivity index (χ2v) is 7.76. The molecule has 0 aliphatic carbocycles. The number of hydrogen-bond donors (Lipinski definition) is 1. The van der Waals surface area contributed by atoms with Crippen molar-refractivity contribution in [3.63, 3.8) is 0 Å². The van der Waals surface area contributed by atoms with Crippen LogP contribution in [-0.4, -0.2) is 29.8 Å². The lowest BCUT2D eigenvalue weighted by Crippen LogP contribution is -2.15. The summed E-state index contributed by atoms with van der Waals surface area (Å²) in [5.74, 6) is 1.37. The molecule has 1 aromatic carbocycles. The predicted molar refractivity (Wildman–Crippen MR) is 103 cm³/mol. The summed E-state index contributed by atoms with van der Waals surface area (Å²) in [6, 6.07) is 6.86. The molecule has 0 unspecified atom stereocenters. The van der Waals surface area contributed by atoms with Crippen LogP contribution in [-0.2, 0) is 12.0 Å². The Bertz CT molecular complexity index is 1130. The van der Waals surface area contributed by atoms with Gasteiger partial charge in [0.15, 0.2) is 17.3 Å². The molecular formula is C20H21FN6O. The summed E-state index contributed by atoms with van der Waals surface area (Å²) >= 11 is 0. The monoisotopic (exact) mass is 380 g/mol. The Morgan fingerprint density at radius 1 is 1.18 bits per heavy atom. The highest BCUT2D eigenvalue weighted by Crippen LogP contribution is 2.34. The molecule has 0 fully saturated rings. The van der Waals surface area contributed by atoms with Crippen LogP contribution in [0.4, 0.5) is 4.39 Å². The summed E-state index contributed by atoms with van der Waals surface area (Å²) in [4.78, 5) is 4.09. The minimum absolute atomic E-state index is 0.181. The van der Waals surface area contributed by atoms with Crippen LogP contribution in [0, 0.1) is 12.7 Å². The van der Waals surface area contributed by atoms with Crippen molar-refractivity contribution in [3.05, 3.63) is 59.6 Å². The Balaban J connectivity index is 1.84. The SMILES string of the molecule is Cc1ccc(F)c(-c2nnc3cc(C(C)(C)C)c(OCc4ncn[nH]4)cn23)c1.